The lowest BCUT2D eigenvalue weighted by Gasteiger charge is -2.31. The Morgan fingerprint density at radius 1 is 1.57 bits per heavy atom. The molecule has 1 rings (SSSR count). The van der Waals surface area contributed by atoms with Crippen LogP contribution < -0.4 is 0 Å². The highest BCUT2D eigenvalue weighted by atomic mass is 16.6. The van der Waals surface area contributed by atoms with Crippen molar-refractivity contribution >= 4 is 5.78 Å². The molecule has 1 N–H and O–H groups in total. The Hall–Kier alpha value is -1.13. The summed E-state index contributed by atoms with van der Waals surface area (Å²) < 4.78 is 9.85. The molecule has 0 saturated carbocycles. The number of carbonyl (C=O) groups excluding carboxylic acids is 1. The van der Waals surface area contributed by atoms with Gasteiger partial charge in [-0.25, -0.2) is 0 Å². The molecule has 4 nitrogen and oxygen atoms in total. The summed E-state index contributed by atoms with van der Waals surface area (Å²) in [5.74, 6) is -1.94. The molecule has 78 valence electrons. The Kier molecular flexibility index (Phi) is 3.08. The van der Waals surface area contributed by atoms with Crippen molar-refractivity contribution in [2.24, 2.45) is 5.92 Å². The molecule has 0 aliphatic heterocycles. The molecular weight excluding hydrogens is 184 g/mol. The van der Waals surface area contributed by atoms with E-state index in [2.05, 4.69) is 0 Å². The fourth-order valence-electron chi connectivity index (χ4n) is 1.41. The van der Waals surface area contributed by atoms with Crippen molar-refractivity contribution in [3.8, 4) is 0 Å². The van der Waals surface area contributed by atoms with Gasteiger partial charge in [-0.2, -0.15) is 0 Å². The number of methoxy groups -OCH3 is 2. The van der Waals surface area contributed by atoms with Crippen LogP contribution in [0.25, 0.3) is 0 Å². The normalized spacial score (nSPS) is 31.1. The molecule has 2 unspecified atom stereocenters. The van der Waals surface area contributed by atoms with E-state index in [9.17, 15) is 9.90 Å². The van der Waals surface area contributed by atoms with Gasteiger partial charge in [0, 0.05) is 13.2 Å². The van der Waals surface area contributed by atoms with Gasteiger partial charge in [0.05, 0.1) is 13.0 Å². The van der Waals surface area contributed by atoms with Crippen LogP contribution in [0.4, 0.5) is 0 Å². The van der Waals surface area contributed by atoms with Crippen LogP contribution in [0.5, 0.6) is 0 Å². The summed E-state index contributed by atoms with van der Waals surface area (Å²) in [5, 5.41) is 9.96. The van der Waals surface area contributed by atoms with Gasteiger partial charge in [-0.1, -0.05) is 6.08 Å². The third kappa shape index (κ3) is 1.86. The number of Topliss-reactive ketones (excluding diaryl/α,β-unsaturated/α-hetero) is 1. The quantitative estimate of drug-likeness (QED) is 0.676. The van der Waals surface area contributed by atoms with E-state index in [0.717, 1.165) is 0 Å². The van der Waals surface area contributed by atoms with Crippen LogP contribution in [0.2, 0.25) is 0 Å². The largest absolute Gasteiger partial charge is 0.497 e. The van der Waals surface area contributed by atoms with Crippen molar-refractivity contribution in [1.82, 2.24) is 0 Å². The smallest absolute Gasteiger partial charge is 0.202 e. The molecule has 0 amide bonds. The summed E-state index contributed by atoms with van der Waals surface area (Å²) in [6, 6.07) is 0. The molecule has 0 heterocycles. The van der Waals surface area contributed by atoms with Gasteiger partial charge in [0.15, 0.2) is 0 Å². The molecule has 0 bridgehead atoms. The standard InChI is InChI=1S/C10H14O4/c1-7(11)9-5-4-8(13-2)6-10(9,12)14-3/h4-6,9,12H,1-3H3. The minimum absolute atomic E-state index is 0.156. The molecule has 2 atom stereocenters. The van der Waals surface area contributed by atoms with Crippen LogP contribution >= 0.6 is 0 Å². The van der Waals surface area contributed by atoms with Crippen molar-refractivity contribution in [3.05, 3.63) is 24.0 Å². The molecule has 0 aromatic heterocycles. The Balaban J connectivity index is 3.01. The zero-order valence-corrected chi connectivity index (χ0v) is 8.48. The average molecular weight is 198 g/mol. The second-order valence-electron chi connectivity index (χ2n) is 3.15. The average Bonchev–Trinajstić information content (AvgIpc) is 2.17. The van der Waals surface area contributed by atoms with E-state index in [1.165, 1.54) is 27.2 Å². The van der Waals surface area contributed by atoms with E-state index in [1.807, 2.05) is 0 Å². The van der Waals surface area contributed by atoms with Crippen molar-refractivity contribution in [2.45, 2.75) is 12.7 Å². The fraction of sp³-hybridized carbons (Fsp3) is 0.500. The number of carbonyl (C=O) groups is 1. The Labute approximate surface area is 82.8 Å². The number of hydrogen-bond donors (Lipinski definition) is 1. The van der Waals surface area contributed by atoms with Gasteiger partial charge in [0.1, 0.15) is 11.5 Å². The van der Waals surface area contributed by atoms with Crippen molar-refractivity contribution in [3.63, 3.8) is 0 Å². The predicted molar refractivity (Wildman–Crippen MR) is 50.4 cm³/mol. The van der Waals surface area contributed by atoms with Crippen molar-refractivity contribution < 1.29 is 19.4 Å². The number of allylic oxidation sites excluding steroid dienone is 1. The number of rotatable bonds is 3. The van der Waals surface area contributed by atoms with Crippen molar-refractivity contribution in [1.29, 1.82) is 0 Å². The van der Waals surface area contributed by atoms with Gasteiger partial charge >= 0.3 is 0 Å². The second-order valence-corrected chi connectivity index (χ2v) is 3.15. The maximum Gasteiger partial charge on any atom is 0.202 e. The summed E-state index contributed by atoms with van der Waals surface area (Å²) in [7, 11) is 2.83. The van der Waals surface area contributed by atoms with E-state index in [-0.39, 0.29) is 5.78 Å². The molecule has 0 aromatic rings. The SMILES string of the molecule is COC1=CC(O)(OC)C(C(C)=O)C=C1. The first kappa shape index (κ1) is 10.9. The minimum Gasteiger partial charge on any atom is -0.497 e. The Bertz CT molecular complexity index is 292. The first-order valence-corrected chi connectivity index (χ1v) is 4.26. The van der Waals surface area contributed by atoms with E-state index in [4.69, 9.17) is 9.47 Å². The molecule has 4 heteroatoms. The summed E-state index contributed by atoms with van der Waals surface area (Å²) in [6.45, 7) is 1.41. The second kappa shape index (κ2) is 3.94. The highest BCUT2D eigenvalue weighted by molar-refractivity contribution is 5.82. The number of ether oxygens (including phenoxy) is 2. The Morgan fingerprint density at radius 3 is 2.64 bits per heavy atom. The molecule has 1 aliphatic carbocycles. The fourth-order valence-corrected chi connectivity index (χ4v) is 1.41. The molecule has 0 spiro atoms. The molecule has 1 aliphatic rings. The lowest BCUT2D eigenvalue weighted by atomic mass is 9.90. The summed E-state index contributed by atoms with van der Waals surface area (Å²) in [4.78, 5) is 11.2. The lowest BCUT2D eigenvalue weighted by molar-refractivity contribution is -0.179. The summed E-state index contributed by atoms with van der Waals surface area (Å²) >= 11 is 0. The van der Waals surface area contributed by atoms with Gasteiger partial charge < -0.3 is 14.6 Å². The molecule has 0 fully saturated rings. The maximum absolute atomic E-state index is 11.2. The number of aliphatic hydroxyl groups is 1. The third-order valence-electron chi connectivity index (χ3n) is 2.25. The predicted octanol–water partition coefficient (Wildman–Crippen LogP) is 0.627. The minimum atomic E-state index is -1.59. The van der Waals surface area contributed by atoms with Crippen LogP contribution in [-0.2, 0) is 14.3 Å². The highest BCUT2D eigenvalue weighted by Gasteiger charge is 2.39. The van der Waals surface area contributed by atoms with Gasteiger partial charge in [-0.3, -0.25) is 4.79 Å². The van der Waals surface area contributed by atoms with E-state index < -0.39 is 11.7 Å². The van der Waals surface area contributed by atoms with E-state index in [1.54, 1.807) is 12.2 Å². The topological polar surface area (TPSA) is 55.8 Å². The molecule has 0 saturated heterocycles. The third-order valence-corrected chi connectivity index (χ3v) is 2.25. The van der Waals surface area contributed by atoms with E-state index >= 15 is 0 Å². The molecule has 0 radical (unpaired) electrons. The van der Waals surface area contributed by atoms with Gasteiger partial charge in [-0.05, 0) is 13.0 Å². The molecular formula is C10H14O4. The molecule has 14 heavy (non-hydrogen) atoms. The van der Waals surface area contributed by atoms with Crippen molar-refractivity contribution in [2.75, 3.05) is 14.2 Å². The highest BCUT2D eigenvalue weighted by Crippen LogP contribution is 2.28. The lowest BCUT2D eigenvalue weighted by Crippen LogP contribution is -2.42. The van der Waals surface area contributed by atoms with Crippen LogP contribution in [-0.4, -0.2) is 30.9 Å². The number of ketones is 1. The van der Waals surface area contributed by atoms with Crippen LogP contribution in [0.15, 0.2) is 24.0 Å². The first-order valence-electron chi connectivity index (χ1n) is 4.26. The van der Waals surface area contributed by atoms with Gasteiger partial charge in [-0.15, -0.1) is 0 Å². The van der Waals surface area contributed by atoms with E-state index in [0.29, 0.717) is 5.76 Å². The first-order chi connectivity index (χ1) is 6.53. The molecule has 0 aromatic carbocycles. The van der Waals surface area contributed by atoms with Crippen LogP contribution in [0.3, 0.4) is 0 Å². The van der Waals surface area contributed by atoms with Crippen LogP contribution in [0.1, 0.15) is 6.92 Å². The van der Waals surface area contributed by atoms with Crippen LogP contribution in [0, 0.1) is 5.92 Å². The summed E-state index contributed by atoms with van der Waals surface area (Å²) in [6.07, 6.45) is 4.60. The monoisotopic (exact) mass is 198 g/mol. The number of hydrogen-bond acceptors (Lipinski definition) is 4. The Morgan fingerprint density at radius 2 is 2.21 bits per heavy atom. The zero-order valence-electron chi connectivity index (χ0n) is 8.48. The maximum atomic E-state index is 11.2. The van der Waals surface area contributed by atoms with Gasteiger partial charge in [0.25, 0.3) is 0 Å². The summed E-state index contributed by atoms with van der Waals surface area (Å²) in [5.41, 5.74) is 0. The zero-order chi connectivity index (χ0) is 10.8. The van der Waals surface area contributed by atoms with Gasteiger partial charge in [0.2, 0.25) is 5.79 Å².